The summed E-state index contributed by atoms with van der Waals surface area (Å²) in [7, 11) is 0. The number of hydrogen-bond acceptors (Lipinski definition) is 4. The van der Waals surface area contributed by atoms with Crippen molar-refractivity contribution in [2.45, 2.75) is 0 Å². The van der Waals surface area contributed by atoms with Crippen LogP contribution in [0.3, 0.4) is 0 Å². The zero-order chi connectivity index (χ0) is 17.8. The highest BCUT2D eigenvalue weighted by molar-refractivity contribution is 6.06. The van der Waals surface area contributed by atoms with Crippen molar-refractivity contribution < 1.29 is 9.53 Å². The van der Waals surface area contributed by atoms with Crippen molar-refractivity contribution in [3.8, 4) is 11.5 Å². The Hall–Kier alpha value is -3.73. The molecule has 0 spiro atoms. The van der Waals surface area contributed by atoms with Gasteiger partial charge in [0, 0.05) is 18.0 Å². The van der Waals surface area contributed by atoms with E-state index in [1.807, 2.05) is 48.5 Å². The third-order valence-electron chi connectivity index (χ3n) is 3.84. The molecule has 1 N–H and O–H groups in total. The molecule has 0 radical (unpaired) electrons. The van der Waals surface area contributed by atoms with E-state index in [-0.39, 0.29) is 5.91 Å². The summed E-state index contributed by atoms with van der Waals surface area (Å²) in [4.78, 5) is 21.1. The van der Waals surface area contributed by atoms with Crippen LogP contribution >= 0.6 is 0 Å². The number of aromatic nitrogens is 2. The van der Waals surface area contributed by atoms with Gasteiger partial charge in [-0.1, -0.05) is 30.3 Å². The predicted octanol–water partition coefficient (Wildman–Crippen LogP) is 4.67. The average Bonchev–Trinajstić information content (AvgIpc) is 2.70. The first-order chi connectivity index (χ1) is 12.8. The first kappa shape index (κ1) is 15.8. The number of ether oxygens (including phenoxy) is 1. The molecule has 5 heteroatoms. The predicted molar refractivity (Wildman–Crippen MR) is 100 cm³/mol. The van der Waals surface area contributed by atoms with Crippen LogP contribution in [0.25, 0.3) is 11.0 Å². The van der Waals surface area contributed by atoms with Gasteiger partial charge in [-0.25, -0.2) is 0 Å². The van der Waals surface area contributed by atoms with E-state index in [4.69, 9.17) is 4.74 Å². The number of benzene rings is 3. The van der Waals surface area contributed by atoms with Crippen LogP contribution in [-0.2, 0) is 0 Å². The standard InChI is InChI=1S/C21H15N3O2/c25-21(15-10-11-17-19(14-15)23-13-12-22-17)24-18-8-4-5-9-20(18)26-16-6-2-1-3-7-16/h1-14H,(H,24,25). The van der Waals surface area contributed by atoms with Gasteiger partial charge in [-0.2, -0.15) is 0 Å². The second kappa shape index (κ2) is 7.03. The van der Waals surface area contributed by atoms with Gasteiger partial charge in [0.1, 0.15) is 5.75 Å². The Morgan fingerprint density at radius 3 is 2.38 bits per heavy atom. The first-order valence-electron chi connectivity index (χ1n) is 8.14. The topological polar surface area (TPSA) is 64.1 Å². The molecule has 4 rings (SSSR count). The molecule has 0 saturated heterocycles. The number of rotatable bonds is 4. The molecule has 1 amide bonds. The van der Waals surface area contributed by atoms with Crippen molar-refractivity contribution in [3.63, 3.8) is 0 Å². The molecule has 0 fully saturated rings. The number of nitrogens with zero attached hydrogens (tertiary/aromatic N) is 2. The summed E-state index contributed by atoms with van der Waals surface area (Å²) < 4.78 is 5.88. The van der Waals surface area contributed by atoms with Crippen LogP contribution in [-0.4, -0.2) is 15.9 Å². The minimum absolute atomic E-state index is 0.235. The van der Waals surface area contributed by atoms with E-state index >= 15 is 0 Å². The molecular formula is C21H15N3O2. The van der Waals surface area contributed by atoms with Crippen molar-refractivity contribution in [1.82, 2.24) is 9.97 Å². The lowest BCUT2D eigenvalue weighted by molar-refractivity contribution is 0.102. The van der Waals surface area contributed by atoms with Crippen molar-refractivity contribution >= 4 is 22.6 Å². The monoisotopic (exact) mass is 341 g/mol. The fourth-order valence-corrected chi connectivity index (χ4v) is 2.57. The third kappa shape index (κ3) is 3.37. The molecule has 26 heavy (non-hydrogen) atoms. The molecule has 0 atom stereocenters. The summed E-state index contributed by atoms with van der Waals surface area (Å²) in [6.45, 7) is 0. The van der Waals surface area contributed by atoms with Crippen LogP contribution in [0, 0.1) is 0 Å². The second-order valence-electron chi connectivity index (χ2n) is 5.63. The van der Waals surface area contributed by atoms with Gasteiger partial charge in [0.05, 0.1) is 16.7 Å². The number of carbonyl (C=O) groups excluding carboxylic acids is 1. The molecule has 3 aromatic carbocycles. The summed E-state index contributed by atoms with van der Waals surface area (Å²) in [6.07, 6.45) is 3.23. The van der Waals surface area contributed by atoms with E-state index in [1.54, 1.807) is 36.7 Å². The normalized spacial score (nSPS) is 10.5. The molecule has 0 bridgehead atoms. The maximum absolute atomic E-state index is 12.6. The van der Waals surface area contributed by atoms with Gasteiger partial charge in [0.15, 0.2) is 5.75 Å². The lowest BCUT2D eigenvalue weighted by atomic mass is 10.1. The fourth-order valence-electron chi connectivity index (χ4n) is 2.57. The van der Waals surface area contributed by atoms with Crippen LogP contribution in [0.5, 0.6) is 11.5 Å². The summed E-state index contributed by atoms with van der Waals surface area (Å²) in [5, 5.41) is 2.90. The maximum atomic E-state index is 12.6. The van der Waals surface area contributed by atoms with E-state index in [9.17, 15) is 4.79 Å². The molecule has 1 aromatic heterocycles. The van der Waals surface area contributed by atoms with Gasteiger partial charge in [-0.05, 0) is 42.5 Å². The lowest BCUT2D eigenvalue weighted by Gasteiger charge is -2.12. The molecule has 0 aliphatic heterocycles. The van der Waals surface area contributed by atoms with Crippen LogP contribution < -0.4 is 10.1 Å². The summed E-state index contributed by atoms with van der Waals surface area (Å²) in [6, 6.07) is 22.0. The number of nitrogens with one attached hydrogen (secondary N) is 1. The lowest BCUT2D eigenvalue weighted by Crippen LogP contribution is -2.12. The van der Waals surface area contributed by atoms with E-state index in [0.717, 1.165) is 5.52 Å². The highest BCUT2D eigenvalue weighted by Gasteiger charge is 2.11. The van der Waals surface area contributed by atoms with Crippen molar-refractivity contribution in [3.05, 3.63) is 90.8 Å². The Balaban J connectivity index is 1.59. The summed E-state index contributed by atoms with van der Waals surface area (Å²) in [5.41, 5.74) is 2.53. The highest BCUT2D eigenvalue weighted by atomic mass is 16.5. The molecule has 0 saturated carbocycles. The molecule has 126 valence electrons. The quantitative estimate of drug-likeness (QED) is 0.586. The number of anilines is 1. The SMILES string of the molecule is O=C(Nc1ccccc1Oc1ccccc1)c1ccc2nccnc2c1. The number of carbonyl (C=O) groups is 1. The van der Waals surface area contributed by atoms with Gasteiger partial charge in [0.2, 0.25) is 0 Å². The number of amides is 1. The second-order valence-corrected chi connectivity index (χ2v) is 5.63. The molecule has 0 unspecified atom stereocenters. The molecule has 5 nitrogen and oxygen atoms in total. The number of fused-ring (bicyclic) bond motifs is 1. The third-order valence-corrected chi connectivity index (χ3v) is 3.84. The molecular weight excluding hydrogens is 326 g/mol. The first-order valence-corrected chi connectivity index (χ1v) is 8.14. The van der Waals surface area contributed by atoms with Crippen LogP contribution in [0.4, 0.5) is 5.69 Å². The van der Waals surface area contributed by atoms with Crippen LogP contribution in [0.15, 0.2) is 85.2 Å². The van der Waals surface area contributed by atoms with Gasteiger partial charge in [-0.15, -0.1) is 0 Å². The molecule has 0 aliphatic carbocycles. The van der Waals surface area contributed by atoms with Crippen molar-refractivity contribution in [2.24, 2.45) is 0 Å². The Labute approximate surface area is 150 Å². The minimum atomic E-state index is -0.235. The molecule has 0 aliphatic rings. The highest BCUT2D eigenvalue weighted by Crippen LogP contribution is 2.29. The van der Waals surface area contributed by atoms with Gasteiger partial charge >= 0.3 is 0 Å². The average molecular weight is 341 g/mol. The Bertz CT molecular complexity index is 1060. The van der Waals surface area contributed by atoms with E-state index < -0.39 is 0 Å². The largest absolute Gasteiger partial charge is 0.455 e. The van der Waals surface area contributed by atoms with Crippen LogP contribution in [0.2, 0.25) is 0 Å². The summed E-state index contributed by atoms with van der Waals surface area (Å²) in [5.74, 6) is 1.05. The van der Waals surface area contributed by atoms with Gasteiger partial charge in [-0.3, -0.25) is 14.8 Å². The van der Waals surface area contributed by atoms with Crippen molar-refractivity contribution in [2.75, 3.05) is 5.32 Å². The maximum Gasteiger partial charge on any atom is 0.255 e. The zero-order valence-electron chi connectivity index (χ0n) is 13.8. The van der Waals surface area contributed by atoms with Gasteiger partial charge < -0.3 is 10.1 Å². The Morgan fingerprint density at radius 1 is 0.808 bits per heavy atom. The smallest absolute Gasteiger partial charge is 0.255 e. The number of hydrogen-bond donors (Lipinski definition) is 1. The van der Waals surface area contributed by atoms with E-state index in [1.165, 1.54) is 0 Å². The van der Waals surface area contributed by atoms with Crippen molar-refractivity contribution in [1.29, 1.82) is 0 Å². The van der Waals surface area contributed by atoms with E-state index in [0.29, 0.717) is 28.3 Å². The van der Waals surface area contributed by atoms with Crippen LogP contribution in [0.1, 0.15) is 10.4 Å². The number of para-hydroxylation sites is 3. The Kier molecular flexibility index (Phi) is 4.26. The van der Waals surface area contributed by atoms with Gasteiger partial charge in [0.25, 0.3) is 5.91 Å². The zero-order valence-corrected chi connectivity index (χ0v) is 13.8. The molecule has 1 heterocycles. The summed E-state index contributed by atoms with van der Waals surface area (Å²) >= 11 is 0. The Morgan fingerprint density at radius 2 is 1.54 bits per heavy atom. The molecule has 4 aromatic rings. The fraction of sp³-hybridized carbons (Fsp3) is 0. The van der Waals surface area contributed by atoms with E-state index in [2.05, 4.69) is 15.3 Å². The minimum Gasteiger partial charge on any atom is -0.455 e.